The Morgan fingerprint density at radius 3 is 2.09 bits per heavy atom. The molecule has 1 N–H and O–H groups in total. The average molecular weight is 487 g/mol. The van der Waals surface area contributed by atoms with Gasteiger partial charge in [0.15, 0.2) is 0 Å². The van der Waals surface area contributed by atoms with Crippen molar-refractivity contribution in [3.63, 3.8) is 0 Å². The highest BCUT2D eigenvalue weighted by atomic mass is 35.5. The molecule has 2 atom stereocenters. The van der Waals surface area contributed by atoms with Crippen LogP contribution in [0.4, 0.5) is 11.4 Å². The number of rotatable bonds is 5. The van der Waals surface area contributed by atoms with E-state index in [-0.39, 0.29) is 27.1 Å². The number of nitro groups is 1. The summed E-state index contributed by atoms with van der Waals surface area (Å²) in [7, 11) is 0. The molecule has 7 rings (SSSR count). The third-order valence-electron chi connectivity index (χ3n) is 8.61. The molecule has 4 aliphatic carbocycles. The number of hydrogen-bond donors (Lipinski definition) is 1. The van der Waals surface area contributed by atoms with Crippen LogP contribution in [0.15, 0.2) is 72.8 Å². The molecule has 4 bridgehead atoms. The summed E-state index contributed by atoms with van der Waals surface area (Å²) in [5, 5.41) is 14.1. The Morgan fingerprint density at radius 2 is 1.49 bits per heavy atom. The fraction of sp³-hybridized carbons (Fsp3) is 0.345. The zero-order valence-electron chi connectivity index (χ0n) is 19.4. The molecular weight excluding hydrogens is 460 g/mol. The van der Waals surface area contributed by atoms with Crippen LogP contribution in [0.5, 0.6) is 0 Å². The van der Waals surface area contributed by atoms with Crippen molar-refractivity contribution >= 4 is 28.9 Å². The zero-order chi connectivity index (χ0) is 24.2. The minimum atomic E-state index is -0.532. The van der Waals surface area contributed by atoms with Gasteiger partial charge in [0.05, 0.1) is 15.5 Å². The minimum absolute atomic E-state index is 0.0934. The first kappa shape index (κ1) is 22.3. The SMILES string of the molecule is O=C(Nc1ccc(C23C[C@H]4C[C@@H](CC(c5ccccc5)(C4)C2)C3)cc1)c1cc([N+](=O)[O-])ccc1Cl. The van der Waals surface area contributed by atoms with Gasteiger partial charge in [-0.15, -0.1) is 0 Å². The van der Waals surface area contributed by atoms with Crippen molar-refractivity contribution in [2.24, 2.45) is 11.8 Å². The maximum absolute atomic E-state index is 12.8. The highest BCUT2D eigenvalue weighted by molar-refractivity contribution is 6.34. The summed E-state index contributed by atoms with van der Waals surface area (Å²) in [4.78, 5) is 23.4. The van der Waals surface area contributed by atoms with E-state index in [4.69, 9.17) is 11.6 Å². The monoisotopic (exact) mass is 486 g/mol. The van der Waals surface area contributed by atoms with Crippen molar-refractivity contribution < 1.29 is 9.72 Å². The Morgan fingerprint density at radius 1 is 0.886 bits per heavy atom. The summed E-state index contributed by atoms with van der Waals surface area (Å²) >= 11 is 6.14. The van der Waals surface area contributed by atoms with Gasteiger partial charge >= 0.3 is 0 Å². The van der Waals surface area contributed by atoms with E-state index in [2.05, 4.69) is 47.8 Å². The van der Waals surface area contributed by atoms with Crippen LogP contribution >= 0.6 is 11.6 Å². The number of benzene rings is 3. The summed E-state index contributed by atoms with van der Waals surface area (Å²) in [6, 6.07) is 23.2. The van der Waals surface area contributed by atoms with Gasteiger partial charge in [-0.05, 0) is 90.5 Å². The maximum atomic E-state index is 12.8. The molecule has 0 spiro atoms. The number of carbonyl (C=O) groups excluding carboxylic acids is 1. The largest absolute Gasteiger partial charge is 0.322 e. The second kappa shape index (κ2) is 8.20. The average Bonchev–Trinajstić information content (AvgIpc) is 2.84. The summed E-state index contributed by atoms with van der Waals surface area (Å²) < 4.78 is 0. The predicted molar refractivity (Wildman–Crippen MR) is 137 cm³/mol. The van der Waals surface area contributed by atoms with E-state index in [9.17, 15) is 14.9 Å². The Hall–Kier alpha value is -3.18. The molecule has 4 saturated carbocycles. The van der Waals surface area contributed by atoms with Gasteiger partial charge in [-0.3, -0.25) is 14.9 Å². The third-order valence-corrected chi connectivity index (χ3v) is 8.94. The standard InChI is InChI=1S/C29H27ClN2O3/c30-26-11-10-24(32(34)35)13-25(26)27(33)31-23-8-6-22(7-9-23)29-16-19-12-20(17-29)15-28(14-19,18-29)21-4-2-1-3-5-21/h1-11,13,19-20H,12,14-18H2,(H,31,33)/t19-,20-,28?,29?/m0/s1. The van der Waals surface area contributed by atoms with E-state index in [1.165, 1.54) is 67.9 Å². The van der Waals surface area contributed by atoms with Gasteiger partial charge in [0, 0.05) is 17.8 Å². The topological polar surface area (TPSA) is 72.2 Å². The molecule has 0 radical (unpaired) electrons. The number of non-ortho nitro benzene ring substituents is 1. The third kappa shape index (κ3) is 3.82. The number of halogens is 1. The fourth-order valence-electron chi connectivity index (χ4n) is 7.64. The van der Waals surface area contributed by atoms with Crippen molar-refractivity contribution in [3.8, 4) is 0 Å². The lowest BCUT2D eigenvalue weighted by Gasteiger charge is -2.62. The molecular formula is C29H27ClN2O3. The minimum Gasteiger partial charge on any atom is -0.322 e. The lowest BCUT2D eigenvalue weighted by atomic mass is 9.42. The number of amides is 1. The first-order valence-electron chi connectivity index (χ1n) is 12.3. The van der Waals surface area contributed by atoms with E-state index >= 15 is 0 Å². The van der Waals surface area contributed by atoms with Crippen LogP contribution in [0.25, 0.3) is 0 Å². The lowest BCUT2D eigenvalue weighted by Crippen LogP contribution is -2.55. The van der Waals surface area contributed by atoms with Crippen LogP contribution in [0.2, 0.25) is 5.02 Å². The number of carbonyl (C=O) groups is 1. The second-order valence-electron chi connectivity index (χ2n) is 10.8. The van der Waals surface area contributed by atoms with Crippen molar-refractivity contribution in [3.05, 3.63) is 105 Å². The highest BCUT2D eigenvalue weighted by Gasteiger charge is 2.58. The van der Waals surface area contributed by atoms with Gasteiger partial charge in [-0.1, -0.05) is 54.1 Å². The second-order valence-corrected chi connectivity index (χ2v) is 11.2. The van der Waals surface area contributed by atoms with Gasteiger partial charge < -0.3 is 5.32 Å². The molecule has 4 aliphatic rings. The van der Waals surface area contributed by atoms with Crippen LogP contribution in [-0.4, -0.2) is 10.8 Å². The number of anilines is 1. The smallest absolute Gasteiger partial charge is 0.270 e. The van der Waals surface area contributed by atoms with Gasteiger partial charge in [0.1, 0.15) is 0 Å². The maximum Gasteiger partial charge on any atom is 0.270 e. The molecule has 3 aromatic carbocycles. The van der Waals surface area contributed by atoms with Crippen molar-refractivity contribution in [1.29, 1.82) is 0 Å². The van der Waals surface area contributed by atoms with Crippen molar-refractivity contribution in [2.45, 2.75) is 49.4 Å². The number of hydrogen-bond acceptors (Lipinski definition) is 3. The summed E-state index contributed by atoms with van der Waals surface area (Å²) in [5.74, 6) is 1.09. The Bertz CT molecular complexity index is 1290. The molecule has 3 aromatic rings. The molecule has 0 aliphatic heterocycles. The lowest BCUT2D eigenvalue weighted by molar-refractivity contribution is -0.384. The Labute approximate surface area is 209 Å². The first-order chi connectivity index (χ1) is 16.9. The van der Waals surface area contributed by atoms with Crippen LogP contribution in [-0.2, 0) is 10.8 Å². The van der Waals surface area contributed by atoms with Crippen LogP contribution in [0.1, 0.15) is 60.0 Å². The van der Waals surface area contributed by atoms with E-state index in [1.807, 2.05) is 12.1 Å². The van der Waals surface area contributed by atoms with Crippen molar-refractivity contribution in [2.75, 3.05) is 5.32 Å². The van der Waals surface area contributed by atoms with Crippen molar-refractivity contribution in [1.82, 2.24) is 0 Å². The van der Waals surface area contributed by atoms with Crippen LogP contribution < -0.4 is 5.32 Å². The zero-order valence-corrected chi connectivity index (χ0v) is 20.1. The molecule has 0 saturated heterocycles. The Balaban J connectivity index is 1.25. The number of nitrogens with one attached hydrogen (secondary N) is 1. The predicted octanol–water partition coefficient (Wildman–Crippen LogP) is 7.29. The molecule has 0 heterocycles. The summed E-state index contributed by atoms with van der Waals surface area (Å²) in [6.45, 7) is 0. The summed E-state index contributed by atoms with van der Waals surface area (Å²) in [6.07, 6.45) is 7.63. The Kier molecular flexibility index (Phi) is 5.22. The molecule has 0 aromatic heterocycles. The molecule has 1 amide bonds. The molecule has 35 heavy (non-hydrogen) atoms. The van der Waals surface area contributed by atoms with E-state index < -0.39 is 10.8 Å². The molecule has 5 nitrogen and oxygen atoms in total. The van der Waals surface area contributed by atoms with Gasteiger partial charge in [0.25, 0.3) is 11.6 Å². The number of nitrogens with zero attached hydrogens (tertiary/aromatic N) is 1. The van der Waals surface area contributed by atoms with Gasteiger partial charge in [-0.2, -0.15) is 0 Å². The number of nitro benzene ring substituents is 1. The fourth-order valence-corrected chi connectivity index (χ4v) is 7.84. The van der Waals surface area contributed by atoms with Gasteiger partial charge in [-0.25, -0.2) is 0 Å². The van der Waals surface area contributed by atoms with Crippen LogP contribution in [0.3, 0.4) is 0 Å². The molecule has 6 heteroatoms. The first-order valence-corrected chi connectivity index (χ1v) is 12.7. The molecule has 4 fully saturated rings. The normalized spacial score (nSPS) is 28.6. The highest BCUT2D eigenvalue weighted by Crippen LogP contribution is 2.66. The summed E-state index contributed by atoms with van der Waals surface area (Å²) in [5.41, 5.74) is 3.90. The molecule has 0 unspecified atom stereocenters. The molecule has 178 valence electrons. The quantitative estimate of drug-likeness (QED) is 0.304. The van der Waals surface area contributed by atoms with E-state index in [0.29, 0.717) is 5.69 Å². The van der Waals surface area contributed by atoms with Crippen LogP contribution in [0, 0.1) is 22.0 Å². The van der Waals surface area contributed by atoms with Gasteiger partial charge in [0.2, 0.25) is 0 Å². The van der Waals surface area contributed by atoms with E-state index in [1.54, 1.807) is 0 Å². The van der Waals surface area contributed by atoms with E-state index in [0.717, 1.165) is 11.8 Å².